The Labute approximate surface area is 146 Å². The fraction of sp³-hybridized carbons (Fsp3) is 0.900. The van der Waals surface area contributed by atoms with E-state index >= 15 is 0 Å². The Hall–Kier alpha value is -0.283. The normalized spacial score (nSPS) is 20.5. The molecule has 1 aliphatic rings. The predicted molar refractivity (Wildman–Crippen MR) is 103 cm³/mol. The van der Waals surface area contributed by atoms with Gasteiger partial charge in [0.25, 0.3) is 0 Å². The van der Waals surface area contributed by atoms with Crippen molar-refractivity contribution < 1.29 is 8.85 Å². The van der Waals surface area contributed by atoms with Crippen LogP contribution in [0, 0.1) is 5.92 Å². The van der Waals surface area contributed by atoms with Gasteiger partial charge in [0.05, 0.1) is 5.76 Å². The minimum Gasteiger partial charge on any atom is -0.524 e. The molecule has 2 unspecified atom stereocenters. The number of hydrogen-bond acceptors (Lipinski definition) is 2. The first-order chi connectivity index (χ1) is 11.1. The maximum atomic E-state index is 6.51. The van der Waals surface area contributed by atoms with Crippen LogP contribution in [0.1, 0.15) is 91.9 Å². The van der Waals surface area contributed by atoms with Crippen LogP contribution in [0.2, 0.25) is 11.6 Å². The molecule has 0 aromatic carbocycles. The maximum Gasteiger partial charge on any atom is 0.402 e. The topological polar surface area (TPSA) is 18.5 Å². The van der Waals surface area contributed by atoms with Crippen molar-refractivity contribution in [3.8, 4) is 0 Å². The van der Waals surface area contributed by atoms with Crippen LogP contribution >= 0.6 is 0 Å². The molecule has 0 amide bonds. The molecule has 136 valence electrons. The quantitative estimate of drug-likeness (QED) is 0.230. The molecule has 1 saturated carbocycles. The molecule has 0 spiro atoms. The van der Waals surface area contributed by atoms with Crippen LogP contribution in [-0.4, -0.2) is 15.2 Å². The van der Waals surface area contributed by atoms with E-state index in [0.717, 1.165) is 24.3 Å². The van der Waals surface area contributed by atoms with Crippen LogP contribution < -0.4 is 0 Å². The molecule has 1 aliphatic carbocycles. The predicted octanol–water partition coefficient (Wildman–Crippen LogP) is 6.96. The minimum atomic E-state index is -2.22. The Kier molecular flexibility index (Phi) is 10.2. The van der Waals surface area contributed by atoms with Gasteiger partial charge in [0.15, 0.2) is 0 Å². The van der Waals surface area contributed by atoms with E-state index in [0.29, 0.717) is 5.54 Å². The molecule has 0 N–H and O–H groups in total. The van der Waals surface area contributed by atoms with Gasteiger partial charge in [-0.25, -0.2) is 0 Å². The Balaban J connectivity index is 2.96. The Morgan fingerprint density at radius 1 is 1.13 bits per heavy atom. The zero-order valence-corrected chi connectivity index (χ0v) is 17.2. The van der Waals surface area contributed by atoms with Crippen molar-refractivity contribution in [3.63, 3.8) is 0 Å². The molecule has 2 atom stereocenters. The number of allylic oxidation sites excluding steroid dienone is 1. The highest BCUT2D eigenvalue weighted by molar-refractivity contribution is 6.69. The molecule has 2 nitrogen and oxygen atoms in total. The van der Waals surface area contributed by atoms with Crippen molar-refractivity contribution in [1.29, 1.82) is 0 Å². The van der Waals surface area contributed by atoms with Gasteiger partial charge in [0.1, 0.15) is 0 Å². The molecule has 0 bridgehead atoms. The second-order valence-corrected chi connectivity index (χ2v) is 10.7. The highest BCUT2D eigenvalue weighted by atomic mass is 28.4. The average molecular weight is 341 g/mol. The second-order valence-electron chi connectivity index (χ2n) is 7.36. The van der Waals surface area contributed by atoms with Gasteiger partial charge in [-0.05, 0) is 32.6 Å². The Bertz CT molecular complexity index is 324. The van der Waals surface area contributed by atoms with E-state index in [4.69, 9.17) is 8.85 Å². The molecule has 0 saturated heterocycles. The smallest absolute Gasteiger partial charge is 0.402 e. The first kappa shape index (κ1) is 20.8. The Morgan fingerprint density at radius 3 is 2.26 bits per heavy atom. The third-order valence-corrected chi connectivity index (χ3v) is 9.77. The fourth-order valence-corrected chi connectivity index (χ4v) is 8.76. The van der Waals surface area contributed by atoms with E-state index in [1.807, 2.05) is 6.92 Å². The van der Waals surface area contributed by atoms with Crippen molar-refractivity contribution in [3.05, 3.63) is 12.3 Å². The average Bonchev–Trinajstić information content (AvgIpc) is 2.80. The molecule has 3 heteroatoms. The Morgan fingerprint density at radius 2 is 1.78 bits per heavy atom. The van der Waals surface area contributed by atoms with Gasteiger partial charge in [0.2, 0.25) is 0 Å². The van der Waals surface area contributed by atoms with Gasteiger partial charge < -0.3 is 8.85 Å². The number of rotatable bonds is 11. The van der Waals surface area contributed by atoms with Gasteiger partial charge in [-0.3, -0.25) is 0 Å². The summed E-state index contributed by atoms with van der Waals surface area (Å²) in [6.07, 6.45) is 13.2. The van der Waals surface area contributed by atoms with Gasteiger partial charge in [-0.1, -0.05) is 71.8 Å². The molecular formula is C20H40O2Si. The third-order valence-electron chi connectivity index (χ3n) is 5.33. The van der Waals surface area contributed by atoms with E-state index in [1.165, 1.54) is 64.2 Å². The summed E-state index contributed by atoms with van der Waals surface area (Å²) in [5.41, 5.74) is 0.650. The summed E-state index contributed by atoms with van der Waals surface area (Å²) >= 11 is 0. The fourth-order valence-electron chi connectivity index (χ4n) is 4.10. The van der Waals surface area contributed by atoms with Crippen LogP contribution in [0.15, 0.2) is 12.3 Å². The molecule has 0 heterocycles. The van der Waals surface area contributed by atoms with Crippen LogP contribution in [0.25, 0.3) is 0 Å². The van der Waals surface area contributed by atoms with E-state index in [1.54, 1.807) is 0 Å². The maximum absolute atomic E-state index is 6.51. The van der Waals surface area contributed by atoms with E-state index in [-0.39, 0.29) is 0 Å². The van der Waals surface area contributed by atoms with Gasteiger partial charge in [0, 0.05) is 18.2 Å². The molecule has 0 aromatic rings. The van der Waals surface area contributed by atoms with E-state index < -0.39 is 8.56 Å². The second kappa shape index (κ2) is 11.3. The molecular weight excluding hydrogens is 300 g/mol. The van der Waals surface area contributed by atoms with Gasteiger partial charge in [-0.2, -0.15) is 0 Å². The lowest BCUT2D eigenvalue weighted by molar-refractivity contribution is 0.191. The van der Waals surface area contributed by atoms with Gasteiger partial charge in [-0.15, -0.1) is 0 Å². The summed E-state index contributed by atoms with van der Waals surface area (Å²) < 4.78 is 13.0. The van der Waals surface area contributed by atoms with Crippen LogP contribution in [0.4, 0.5) is 0 Å². The molecule has 0 aliphatic heterocycles. The summed E-state index contributed by atoms with van der Waals surface area (Å²) in [5, 5.41) is 0. The first-order valence-electron chi connectivity index (χ1n) is 10.1. The zero-order chi connectivity index (χ0) is 17.1. The van der Waals surface area contributed by atoms with Crippen molar-refractivity contribution in [2.45, 2.75) is 103 Å². The molecule has 0 aromatic heterocycles. The summed E-state index contributed by atoms with van der Waals surface area (Å²) in [7, 11) is -2.22. The van der Waals surface area contributed by atoms with Gasteiger partial charge >= 0.3 is 8.56 Å². The van der Waals surface area contributed by atoms with Crippen molar-refractivity contribution >= 4 is 8.56 Å². The molecule has 1 fully saturated rings. The first-order valence-corrected chi connectivity index (χ1v) is 12.2. The highest BCUT2D eigenvalue weighted by Crippen LogP contribution is 2.43. The summed E-state index contributed by atoms with van der Waals surface area (Å²) in [4.78, 5) is 0. The SMILES string of the molecule is C=C(C)O[Si](CC(CC)CCCC)(OCC)C1CCCCCC1. The molecule has 0 radical (unpaired) electrons. The summed E-state index contributed by atoms with van der Waals surface area (Å²) in [6, 6.07) is 1.16. The lowest BCUT2D eigenvalue weighted by Crippen LogP contribution is -2.48. The summed E-state index contributed by atoms with van der Waals surface area (Å²) in [5.74, 6) is 1.61. The third kappa shape index (κ3) is 7.00. The zero-order valence-electron chi connectivity index (χ0n) is 16.2. The van der Waals surface area contributed by atoms with E-state index in [9.17, 15) is 0 Å². The van der Waals surface area contributed by atoms with Crippen LogP contribution in [-0.2, 0) is 8.85 Å². The monoisotopic (exact) mass is 340 g/mol. The standard InChI is InChI=1S/C20H40O2Si/c1-6-9-14-19(7-2)17-23(21-8-3,22-18(4)5)20-15-12-10-11-13-16-20/h19-20H,4,6-17H2,1-3,5H3. The van der Waals surface area contributed by atoms with Crippen LogP contribution in [0.5, 0.6) is 0 Å². The largest absolute Gasteiger partial charge is 0.524 e. The van der Waals surface area contributed by atoms with Crippen LogP contribution in [0.3, 0.4) is 0 Å². The van der Waals surface area contributed by atoms with Crippen molar-refractivity contribution in [2.24, 2.45) is 5.92 Å². The number of unbranched alkanes of at least 4 members (excludes halogenated alkanes) is 1. The molecule has 23 heavy (non-hydrogen) atoms. The lowest BCUT2D eigenvalue weighted by atomic mass is 10.0. The number of hydrogen-bond donors (Lipinski definition) is 0. The van der Waals surface area contributed by atoms with Crippen molar-refractivity contribution in [2.75, 3.05) is 6.61 Å². The highest BCUT2D eigenvalue weighted by Gasteiger charge is 2.48. The van der Waals surface area contributed by atoms with E-state index in [2.05, 4.69) is 27.4 Å². The lowest BCUT2D eigenvalue weighted by Gasteiger charge is -2.39. The summed E-state index contributed by atoms with van der Waals surface area (Å²) in [6.45, 7) is 13.6. The minimum absolute atomic E-state index is 0.650. The molecule has 1 rings (SSSR count). The van der Waals surface area contributed by atoms with Crippen molar-refractivity contribution in [1.82, 2.24) is 0 Å².